The van der Waals surface area contributed by atoms with Crippen molar-refractivity contribution < 1.29 is 14.3 Å². The van der Waals surface area contributed by atoms with Gasteiger partial charge in [0.25, 0.3) is 5.91 Å². The molecule has 0 bridgehead atoms. The third kappa shape index (κ3) is 5.59. The van der Waals surface area contributed by atoms with Gasteiger partial charge in [0.15, 0.2) is 6.61 Å². The molecule has 26 heavy (non-hydrogen) atoms. The molecule has 1 N–H and O–H groups in total. The van der Waals surface area contributed by atoms with Gasteiger partial charge >= 0.3 is 0 Å². The molecule has 0 aromatic heterocycles. The van der Waals surface area contributed by atoms with Crippen LogP contribution in [-0.4, -0.2) is 36.4 Å². The molecule has 0 radical (unpaired) electrons. The average molecular weight is 419 g/mol. The first-order chi connectivity index (χ1) is 12.4. The third-order valence-electron chi connectivity index (χ3n) is 4.03. The van der Waals surface area contributed by atoms with Gasteiger partial charge in [0.1, 0.15) is 11.8 Å². The first-order valence-corrected chi connectivity index (χ1v) is 9.15. The number of nitrogens with zero attached hydrogens (tertiary/aromatic N) is 1. The van der Waals surface area contributed by atoms with Crippen LogP contribution in [0.4, 0.5) is 0 Å². The molecule has 2 amide bonds. The minimum atomic E-state index is -0.600. The number of carbonyl (C=O) groups excluding carboxylic acids is 2. The van der Waals surface area contributed by atoms with Crippen molar-refractivity contribution in [2.45, 2.75) is 26.4 Å². The molecule has 0 aliphatic rings. The lowest BCUT2D eigenvalue weighted by Gasteiger charge is -2.28. The van der Waals surface area contributed by atoms with Crippen LogP contribution in [0.15, 0.2) is 53.0 Å². The molecule has 0 unspecified atom stereocenters. The van der Waals surface area contributed by atoms with E-state index in [0.29, 0.717) is 12.3 Å². The Morgan fingerprint density at radius 2 is 1.88 bits per heavy atom. The molecule has 5 nitrogen and oxygen atoms in total. The molecule has 2 aromatic carbocycles. The van der Waals surface area contributed by atoms with Crippen LogP contribution in [0.3, 0.4) is 0 Å². The SMILES string of the molecule is CNC(=O)[C@@H](C)N(Cc1ccc(Br)cc1)C(=O)COc1cccc(C)c1. The number of likely N-dealkylation sites (N-methyl/N-ethyl adjacent to an activating group) is 1. The second-order valence-electron chi connectivity index (χ2n) is 6.04. The van der Waals surface area contributed by atoms with Gasteiger partial charge in [-0.2, -0.15) is 0 Å². The highest BCUT2D eigenvalue weighted by atomic mass is 79.9. The summed E-state index contributed by atoms with van der Waals surface area (Å²) in [6, 6.07) is 14.6. The lowest BCUT2D eigenvalue weighted by Crippen LogP contribution is -2.48. The molecule has 0 heterocycles. The topological polar surface area (TPSA) is 58.6 Å². The molecule has 2 rings (SSSR count). The lowest BCUT2D eigenvalue weighted by atomic mass is 10.1. The number of ether oxygens (including phenoxy) is 1. The Kier molecular flexibility index (Phi) is 7.21. The Balaban J connectivity index is 2.12. The fourth-order valence-corrected chi connectivity index (χ4v) is 2.78. The molecule has 0 fully saturated rings. The Hall–Kier alpha value is -2.34. The van der Waals surface area contributed by atoms with Crippen LogP contribution >= 0.6 is 15.9 Å². The third-order valence-corrected chi connectivity index (χ3v) is 4.56. The van der Waals surface area contributed by atoms with E-state index in [2.05, 4.69) is 21.2 Å². The maximum Gasteiger partial charge on any atom is 0.261 e. The van der Waals surface area contributed by atoms with E-state index in [1.54, 1.807) is 14.0 Å². The standard InChI is InChI=1S/C20H23BrN2O3/c1-14-5-4-6-18(11-14)26-13-19(24)23(15(2)20(25)22-3)12-16-7-9-17(21)10-8-16/h4-11,15H,12-13H2,1-3H3,(H,22,25)/t15-/m1/s1. The van der Waals surface area contributed by atoms with Crippen LogP contribution in [0.5, 0.6) is 5.75 Å². The largest absolute Gasteiger partial charge is 0.484 e. The maximum atomic E-state index is 12.7. The number of carbonyl (C=O) groups is 2. The molecule has 1 atom stereocenters. The van der Waals surface area contributed by atoms with Crippen LogP contribution in [0, 0.1) is 6.92 Å². The predicted molar refractivity (Wildman–Crippen MR) is 105 cm³/mol. The molecular formula is C20H23BrN2O3. The van der Waals surface area contributed by atoms with Gasteiger partial charge in [-0.1, -0.05) is 40.2 Å². The highest BCUT2D eigenvalue weighted by Crippen LogP contribution is 2.16. The van der Waals surface area contributed by atoms with Gasteiger partial charge in [-0.25, -0.2) is 0 Å². The highest BCUT2D eigenvalue weighted by molar-refractivity contribution is 9.10. The number of nitrogens with one attached hydrogen (secondary N) is 1. The van der Waals surface area contributed by atoms with Crippen molar-refractivity contribution >= 4 is 27.7 Å². The highest BCUT2D eigenvalue weighted by Gasteiger charge is 2.25. The number of aryl methyl sites for hydroxylation is 1. The van der Waals surface area contributed by atoms with Gasteiger partial charge in [0.05, 0.1) is 0 Å². The molecule has 0 spiro atoms. The predicted octanol–water partition coefficient (Wildman–Crippen LogP) is 3.30. The molecule has 0 saturated heterocycles. The van der Waals surface area contributed by atoms with Gasteiger partial charge in [-0.3, -0.25) is 9.59 Å². The second-order valence-corrected chi connectivity index (χ2v) is 6.96. The second kappa shape index (κ2) is 9.38. The normalized spacial score (nSPS) is 11.5. The Bertz CT molecular complexity index is 762. The minimum Gasteiger partial charge on any atom is -0.484 e. The number of hydrogen-bond acceptors (Lipinski definition) is 3. The van der Waals surface area contributed by atoms with Gasteiger partial charge < -0.3 is 15.0 Å². The summed E-state index contributed by atoms with van der Waals surface area (Å²) in [7, 11) is 1.56. The summed E-state index contributed by atoms with van der Waals surface area (Å²) in [5.41, 5.74) is 1.99. The first kappa shape index (κ1) is 20.0. The van der Waals surface area contributed by atoms with Crippen molar-refractivity contribution in [3.8, 4) is 5.75 Å². The number of halogens is 1. The zero-order valence-electron chi connectivity index (χ0n) is 15.2. The van der Waals surface area contributed by atoms with Gasteiger partial charge in [0.2, 0.25) is 5.91 Å². The summed E-state index contributed by atoms with van der Waals surface area (Å²) >= 11 is 3.40. The van der Waals surface area contributed by atoms with Crippen molar-refractivity contribution in [2.24, 2.45) is 0 Å². The summed E-state index contributed by atoms with van der Waals surface area (Å²) in [6.45, 7) is 3.88. The summed E-state index contributed by atoms with van der Waals surface area (Å²) in [6.07, 6.45) is 0. The van der Waals surface area contributed by atoms with E-state index in [1.165, 1.54) is 4.90 Å². The Morgan fingerprint density at radius 1 is 1.19 bits per heavy atom. The van der Waals surface area contributed by atoms with E-state index in [9.17, 15) is 9.59 Å². The number of amides is 2. The smallest absolute Gasteiger partial charge is 0.261 e. The average Bonchev–Trinajstić information content (AvgIpc) is 2.64. The zero-order chi connectivity index (χ0) is 19.1. The van der Waals surface area contributed by atoms with Crippen molar-refractivity contribution in [2.75, 3.05) is 13.7 Å². The summed E-state index contributed by atoms with van der Waals surface area (Å²) in [5.74, 6) is 0.172. The molecule has 138 valence electrons. The van der Waals surface area contributed by atoms with E-state index >= 15 is 0 Å². The van der Waals surface area contributed by atoms with Crippen molar-refractivity contribution in [1.82, 2.24) is 10.2 Å². The van der Waals surface area contributed by atoms with Crippen molar-refractivity contribution in [1.29, 1.82) is 0 Å². The fraction of sp³-hybridized carbons (Fsp3) is 0.300. The number of rotatable bonds is 7. The van der Waals surface area contributed by atoms with Crippen molar-refractivity contribution in [3.05, 3.63) is 64.1 Å². The van der Waals surface area contributed by atoms with Crippen LogP contribution in [0.25, 0.3) is 0 Å². The fourth-order valence-electron chi connectivity index (χ4n) is 2.51. The van der Waals surface area contributed by atoms with Gasteiger partial charge in [-0.15, -0.1) is 0 Å². The van der Waals surface area contributed by atoms with E-state index < -0.39 is 6.04 Å². The molecule has 0 aliphatic carbocycles. The van der Waals surface area contributed by atoms with Crippen LogP contribution in [0.2, 0.25) is 0 Å². The molecule has 0 aliphatic heterocycles. The van der Waals surface area contributed by atoms with E-state index in [1.807, 2.05) is 55.5 Å². The van der Waals surface area contributed by atoms with Crippen LogP contribution in [0.1, 0.15) is 18.1 Å². The lowest BCUT2D eigenvalue weighted by molar-refractivity contribution is -0.142. The van der Waals surface area contributed by atoms with E-state index in [-0.39, 0.29) is 18.4 Å². The number of hydrogen-bond donors (Lipinski definition) is 1. The first-order valence-electron chi connectivity index (χ1n) is 8.35. The summed E-state index contributed by atoms with van der Waals surface area (Å²) < 4.78 is 6.58. The van der Waals surface area contributed by atoms with E-state index in [0.717, 1.165) is 15.6 Å². The number of benzene rings is 2. The Labute approximate surface area is 162 Å². The summed E-state index contributed by atoms with van der Waals surface area (Å²) in [5, 5.41) is 2.60. The van der Waals surface area contributed by atoms with Gasteiger partial charge in [0, 0.05) is 18.1 Å². The monoisotopic (exact) mass is 418 g/mol. The van der Waals surface area contributed by atoms with E-state index in [4.69, 9.17) is 4.74 Å². The van der Waals surface area contributed by atoms with Gasteiger partial charge in [-0.05, 0) is 49.2 Å². The molecular weight excluding hydrogens is 396 g/mol. The zero-order valence-corrected chi connectivity index (χ0v) is 16.7. The molecule has 2 aromatic rings. The molecule has 6 heteroatoms. The molecule has 0 saturated carbocycles. The Morgan fingerprint density at radius 3 is 2.50 bits per heavy atom. The van der Waals surface area contributed by atoms with Crippen LogP contribution in [-0.2, 0) is 16.1 Å². The minimum absolute atomic E-state index is 0.124. The quantitative estimate of drug-likeness (QED) is 0.750. The van der Waals surface area contributed by atoms with Crippen LogP contribution < -0.4 is 10.1 Å². The maximum absolute atomic E-state index is 12.7. The van der Waals surface area contributed by atoms with Crippen molar-refractivity contribution in [3.63, 3.8) is 0 Å². The summed E-state index contributed by atoms with van der Waals surface area (Å²) in [4.78, 5) is 26.3.